The van der Waals surface area contributed by atoms with Gasteiger partial charge in [-0.05, 0) is 98.8 Å². The van der Waals surface area contributed by atoms with Crippen molar-refractivity contribution in [2.24, 2.45) is 22.9 Å². The molecule has 0 spiro atoms. The Morgan fingerprint density at radius 1 is 1.07 bits per heavy atom. The van der Waals surface area contributed by atoms with E-state index >= 15 is 0 Å². The van der Waals surface area contributed by atoms with Crippen molar-refractivity contribution in [2.75, 3.05) is 47.1 Å². The first-order valence-corrected chi connectivity index (χ1v) is 21.0. The fourth-order valence-electron chi connectivity index (χ4n) is 9.25. The third-order valence-corrected chi connectivity index (χ3v) is 11.9. The summed E-state index contributed by atoms with van der Waals surface area (Å²) in [5.74, 6) is -0.608. The fraction of sp³-hybridized carbons (Fsp3) is 0.578. The van der Waals surface area contributed by atoms with Gasteiger partial charge in [-0.25, -0.2) is 4.79 Å². The lowest BCUT2D eigenvalue weighted by molar-refractivity contribution is -0.255. The number of nitrogens with zero attached hydrogens (tertiary/aromatic N) is 2. The lowest BCUT2D eigenvalue weighted by Crippen LogP contribution is -2.69. The van der Waals surface area contributed by atoms with E-state index in [4.69, 9.17) is 33.7 Å². The van der Waals surface area contributed by atoms with Crippen LogP contribution in [-0.2, 0) is 25.5 Å². The number of ether oxygens (including phenoxy) is 5. The molecule has 7 unspecified atom stereocenters. The molecule has 0 aromatic heterocycles. The van der Waals surface area contributed by atoms with Crippen LogP contribution in [0.4, 0.5) is 4.79 Å². The van der Waals surface area contributed by atoms with Crippen LogP contribution in [-0.4, -0.2) is 98.1 Å². The number of oxime groups is 1. The fourth-order valence-corrected chi connectivity index (χ4v) is 9.25. The molecule has 4 aliphatic rings. The van der Waals surface area contributed by atoms with Crippen molar-refractivity contribution < 1.29 is 48.3 Å². The molecule has 2 aliphatic carbocycles. The van der Waals surface area contributed by atoms with Crippen LogP contribution < -0.4 is 19.5 Å². The zero-order valence-electron chi connectivity index (χ0n) is 34.2. The Kier molecular flexibility index (Phi) is 15.3. The molecule has 7 atom stereocenters. The molecule has 3 N–H and O–H groups in total. The monoisotopic (exact) mass is 803 g/mol. The van der Waals surface area contributed by atoms with Crippen LogP contribution in [0.1, 0.15) is 88.2 Å². The van der Waals surface area contributed by atoms with Gasteiger partial charge < -0.3 is 49.0 Å². The number of methoxy groups -OCH3 is 1. The Labute approximate surface area is 342 Å². The Morgan fingerprint density at radius 2 is 1.88 bits per heavy atom. The highest BCUT2D eigenvalue weighted by molar-refractivity contribution is 6.03. The maximum atomic E-state index is 14.5. The summed E-state index contributed by atoms with van der Waals surface area (Å²) in [6.45, 7) is 7.16. The smallest absolute Gasteiger partial charge is 0.412 e. The summed E-state index contributed by atoms with van der Waals surface area (Å²) in [4.78, 5) is 35.1. The molecule has 2 aliphatic heterocycles. The number of aliphatic hydroxyl groups excluding tert-OH is 2. The van der Waals surface area contributed by atoms with E-state index in [1.54, 1.807) is 31.2 Å². The second kappa shape index (κ2) is 20.5. The summed E-state index contributed by atoms with van der Waals surface area (Å²) >= 11 is 0. The van der Waals surface area contributed by atoms with Crippen molar-refractivity contribution in [3.63, 3.8) is 0 Å². The topological polar surface area (TPSA) is 158 Å². The first-order chi connectivity index (χ1) is 28.3. The summed E-state index contributed by atoms with van der Waals surface area (Å²) in [6, 6.07) is 12.2. The summed E-state index contributed by atoms with van der Waals surface area (Å²) in [6.07, 6.45) is 10.5. The Balaban J connectivity index is 1.54. The number of aliphatic hydroxyl groups is 2. The van der Waals surface area contributed by atoms with E-state index in [1.165, 1.54) is 0 Å². The predicted octanol–water partition coefficient (Wildman–Crippen LogP) is 6.66. The number of unbranched alkanes of at least 4 members (excludes halogenated alkanes) is 2. The number of fused-ring (bicyclic) bond motifs is 2. The van der Waals surface area contributed by atoms with Crippen molar-refractivity contribution in [3.05, 3.63) is 77.9 Å². The highest BCUT2D eigenvalue weighted by Gasteiger charge is 2.65. The summed E-state index contributed by atoms with van der Waals surface area (Å²) in [5, 5.41) is 27.3. The van der Waals surface area contributed by atoms with E-state index in [0.29, 0.717) is 49.0 Å². The van der Waals surface area contributed by atoms with Crippen molar-refractivity contribution >= 4 is 17.7 Å². The molecule has 0 radical (unpaired) electrons. The normalized spacial score (nSPS) is 26.6. The number of carbonyl (C=O) groups excluding carboxylic acids is 2. The summed E-state index contributed by atoms with van der Waals surface area (Å²) in [7, 11) is 3.39. The summed E-state index contributed by atoms with van der Waals surface area (Å²) < 4.78 is 31.4. The molecule has 2 heterocycles. The average molecular weight is 804 g/mol. The van der Waals surface area contributed by atoms with Gasteiger partial charge in [0, 0.05) is 51.1 Å². The third-order valence-electron chi connectivity index (χ3n) is 11.9. The molecule has 13 heteroatoms. The van der Waals surface area contributed by atoms with Gasteiger partial charge in [-0.3, -0.25) is 4.79 Å². The number of amides is 2. The molecule has 1 saturated heterocycles. The number of benzene rings is 2. The second-order valence-corrected chi connectivity index (χ2v) is 15.6. The first kappa shape index (κ1) is 43.2. The molecule has 0 bridgehead atoms. The molecule has 2 aromatic rings. The van der Waals surface area contributed by atoms with E-state index in [1.807, 2.05) is 43.3 Å². The Hall–Kier alpha value is -4.43. The van der Waals surface area contributed by atoms with Crippen molar-refractivity contribution in [1.29, 1.82) is 0 Å². The van der Waals surface area contributed by atoms with Crippen LogP contribution in [0.25, 0.3) is 0 Å². The molecule has 6 rings (SSSR count). The number of carbonyl (C=O) groups is 2. The SMILES string of the molecule is C=CCOC12Oc3ccc(OC(=O)NCC)cc3C3C(CCCCO)C(CCCCO)C=C(C(=NOC4CCCCO4)CC1N(C)C(=O)Cc1cccc(OC)c1)C32. The maximum absolute atomic E-state index is 14.5. The minimum absolute atomic E-state index is 0.0217. The molecule has 1 saturated carbocycles. The highest BCUT2D eigenvalue weighted by atomic mass is 16.8. The zero-order valence-corrected chi connectivity index (χ0v) is 34.2. The first-order valence-electron chi connectivity index (χ1n) is 21.0. The molecule has 58 heavy (non-hydrogen) atoms. The average Bonchev–Trinajstić information content (AvgIpc) is 3.23. The van der Waals surface area contributed by atoms with Gasteiger partial charge in [0.1, 0.15) is 23.3 Å². The number of hydrogen-bond acceptors (Lipinski definition) is 11. The van der Waals surface area contributed by atoms with E-state index in [0.717, 1.165) is 61.6 Å². The number of nitrogens with one attached hydrogen (secondary N) is 1. The van der Waals surface area contributed by atoms with Gasteiger partial charge in [0.15, 0.2) is 0 Å². The number of likely N-dealkylation sites (N-methyl/N-ethyl adjacent to an activating group) is 1. The second-order valence-electron chi connectivity index (χ2n) is 15.6. The van der Waals surface area contributed by atoms with Crippen molar-refractivity contribution in [3.8, 4) is 17.2 Å². The van der Waals surface area contributed by atoms with E-state index < -0.39 is 30.1 Å². The molecule has 13 nitrogen and oxygen atoms in total. The zero-order chi connectivity index (χ0) is 41.1. The van der Waals surface area contributed by atoms with Crippen LogP contribution in [0, 0.1) is 17.8 Å². The van der Waals surface area contributed by atoms with Gasteiger partial charge in [0.05, 0.1) is 38.4 Å². The van der Waals surface area contributed by atoms with E-state index in [2.05, 4.69) is 18.0 Å². The van der Waals surface area contributed by atoms with Gasteiger partial charge in [0.2, 0.25) is 18.0 Å². The minimum atomic E-state index is -1.40. The van der Waals surface area contributed by atoms with E-state index in [-0.39, 0.29) is 56.3 Å². The number of hydrogen-bond donors (Lipinski definition) is 3. The molecule has 316 valence electrons. The van der Waals surface area contributed by atoms with Crippen molar-refractivity contribution in [2.45, 2.75) is 102 Å². The van der Waals surface area contributed by atoms with Gasteiger partial charge in [-0.1, -0.05) is 42.3 Å². The van der Waals surface area contributed by atoms with Crippen LogP contribution in [0.2, 0.25) is 0 Å². The van der Waals surface area contributed by atoms with E-state index in [9.17, 15) is 19.8 Å². The van der Waals surface area contributed by atoms with Crippen LogP contribution in [0.15, 0.2) is 71.9 Å². The molecule has 2 amide bonds. The lowest BCUT2D eigenvalue weighted by atomic mass is 9.55. The van der Waals surface area contributed by atoms with Gasteiger partial charge in [-0.2, -0.15) is 0 Å². The summed E-state index contributed by atoms with van der Waals surface area (Å²) in [5.41, 5.74) is 3.28. The standard InChI is InChI=1S/C45H61N3O10/c1-5-23-55-45-39(48(3)40(51)26-30-14-13-16-32(25-30)53-4)29-37(47-58-41-18-9-12-24-54-41)35-27-31(15-7-10-21-49)34(17-8-11-22-50)42(43(35)45)36-28-33(19-20-38(36)57-45)56-44(52)46-6-2/h5,13-14,16,19-20,25,27-28,31,34,39,41-43,49-50H,1,6-12,15,17-18,21-24,26,29H2,2-4H3,(H,46,52). The van der Waals surface area contributed by atoms with Crippen LogP contribution in [0.3, 0.4) is 0 Å². The predicted molar refractivity (Wildman–Crippen MR) is 219 cm³/mol. The maximum Gasteiger partial charge on any atom is 0.412 e. The van der Waals surface area contributed by atoms with Gasteiger partial charge in [-0.15, -0.1) is 6.58 Å². The molecular weight excluding hydrogens is 743 g/mol. The molecule has 2 fully saturated rings. The Bertz CT molecular complexity index is 1780. The largest absolute Gasteiger partial charge is 0.497 e. The van der Waals surface area contributed by atoms with Crippen LogP contribution in [0.5, 0.6) is 17.2 Å². The minimum Gasteiger partial charge on any atom is -0.497 e. The third kappa shape index (κ3) is 9.71. The van der Waals surface area contributed by atoms with Crippen molar-refractivity contribution in [1.82, 2.24) is 10.2 Å². The number of allylic oxidation sites excluding steroid dienone is 1. The highest BCUT2D eigenvalue weighted by Crippen LogP contribution is 2.62. The lowest BCUT2D eigenvalue weighted by Gasteiger charge is -2.59. The quantitative estimate of drug-likeness (QED) is 0.0797. The van der Waals surface area contributed by atoms with Gasteiger partial charge in [0.25, 0.3) is 0 Å². The Morgan fingerprint density at radius 3 is 2.60 bits per heavy atom. The molecule has 2 aromatic carbocycles. The number of rotatable bonds is 19. The van der Waals surface area contributed by atoms with Crippen LogP contribution >= 0.6 is 0 Å². The van der Waals surface area contributed by atoms with Gasteiger partial charge >= 0.3 is 6.09 Å². The molecular formula is C45H61N3O10.